The molecule has 128 valence electrons. The lowest BCUT2D eigenvalue weighted by atomic mass is 10.0. The van der Waals surface area contributed by atoms with Crippen LogP contribution in [0.2, 0.25) is 0 Å². The van der Waals surface area contributed by atoms with Crippen LogP contribution in [0.1, 0.15) is 49.1 Å². The second kappa shape index (κ2) is 7.01. The van der Waals surface area contributed by atoms with Gasteiger partial charge in [-0.2, -0.15) is 16.9 Å². The summed E-state index contributed by atoms with van der Waals surface area (Å²) in [6.45, 7) is 8.31. The van der Waals surface area contributed by atoms with Crippen LogP contribution in [-0.2, 0) is 16.3 Å². The van der Waals surface area contributed by atoms with Gasteiger partial charge in [0.25, 0.3) is 0 Å². The van der Waals surface area contributed by atoms with Crippen molar-refractivity contribution < 1.29 is 4.79 Å². The van der Waals surface area contributed by atoms with E-state index in [1.165, 1.54) is 16.7 Å². The van der Waals surface area contributed by atoms with Crippen molar-refractivity contribution >= 4 is 23.5 Å². The van der Waals surface area contributed by atoms with Crippen LogP contribution in [-0.4, -0.2) is 15.7 Å². The number of nitrogens with one attached hydrogen (secondary N) is 1. The Bertz CT molecular complexity index is 742. The van der Waals surface area contributed by atoms with Gasteiger partial charge in [-0.3, -0.25) is 4.79 Å². The van der Waals surface area contributed by atoms with Crippen LogP contribution >= 0.6 is 11.8 Å². The quantitative estimate of drug-likeness (QED) is 0.862. The third kappa shape index (κ3) is 3.22. The molecule has 0 unspecified atom stereocenters. The van der Waals surface area contributed by atoms with E-state index in [-0.39, 0.29) is 11.8 Å². The average Bonchev–Trinajstić information content (AvgIpc) is 3.10. The zero-order valence-corrected chi connectivity index (χ0v) is 15.7. The number of carbonyl (C=O) groups excluding carboxylic acids is 1. The van der Waals surface area contributed by atoms with Gasteiger partial charge in [0.15, 0.2) is 0 Å². The molecule has 2 aromatic rings. The van der Waals surface area contributed by atoms with Crippen molar-refractivity contribution in [1.29, 1.82) is 0 Å². The van der Waals surface area contributed by atoms with Gasteiger partial charge in [0.2, 0.25) is 5.91 Å². The first-order valence-corrected chi connectivity index (χ1v) is 9.77. The number of carbonyl (C=O) groups is 1. The van der Waals surface area contributed by atoms with Crippen LogP contribution < -0.4 is 5.32 Å². The van der Waals surface area contributed by atoms with Crippen LogP contribution in [0.5, 0.6) is 0 Å². The van der Waals surface area contributed by atoms with E-state index < -0.39 is 0 Å². The maximum absolute atomic E-state index is 12.6. The minimum absolute atomic E-state index is 0.0531. The topological polar surface area (TPSA) is 46.9 Å². The van der Waals surface area contributed by atoms with Gasteiger partial charge >= 0.3 is 0 Å². The highest BCUT2D eigenvalue weighted by atomic mass is 32.2. The molecule has 0 aliphatic carbocycles. The van der Waals surface area contributed by atoms with E-state index >= 15 is 0 Å². The van der Waals surface area contributed by atoms with Crippen molar-refractivity contribution in [3.8, 4) is 5.69 Å². The van der Waals surface area contributed by atoms with Gasteiger partial charge in [0, 0.05) is 23.0 Å². The Balaban J connectivity index is 2.03. The van der Waals surface area contributed by atoms with Gasteiger partial charge in [0.05, 0.1) is 11.4 Å². The van der Waals surface area contributed by atoms with Gasteiger partial charge in [-0.1, -0.05) is 19.9 Å². The Morgan fingerprint density at radius 3 is 2.50 bits per heavy atom. The minimum Gasteiger partial charge on any atom is -0.310 e. The first-order valence-electron chi connectivity index (χ1n) is 8.61. The predicted molar refractivity (Wildman–Crippen MR) is 101 cm³/mol. The third-order valence-corrected chi connectivity index (χ3v) is 5.57. The van der Waals surface area contributed by atoms with E-state index in [9.17, 15) is 4.79 Å². The van der Waals surface area contributed by atoms with Crippen molar-refractivity contribution in [3.63, 3.8) is 0 Å². The molecular weight excluding hydrogens is 318 g/mol. The summed E-state index contributed by atoms with van der Waals surface area (Å²) in [5.74, 6) is 2.85. The molecule has 1 N–H and O–H groups in total. The lowest BCUT2D eigenvalue weighted by Gasteiger charge is -2.16. The summed E-state index contributed by atoms with van der Waals surface area (Å²) in [6, 6.07) is 6.39. The molecule has 1 aliphatic rings. The number of aromatic nitrogens is 2. The van der Waals surface area contributed by atoms with Crippen LogP contribution in [0.3, 0.4) is 0 Å². The summed E-state index contributed by atoms with van der Waals surface area (Å²) in [7, 11) is 0. The average molecular weight is 343 g/mol. The third-order valence-electron chi connectivity index (χ3n) is 4.60. The molecule has 0 saturated heterocycles. The highest BCUT2D eigenvalue weighted by Gasteiger charge is 2.26. The van der Waals surface area contributed by atoms with Crippen LogP contribution in [0, 0.1) is 19.8 Å². The van der Waals surface area contributed by atoms with E-state index in [2.05, 4.69) is 51.2 Å². The van der Waals surface area contributed by atoms with E-state index in [1.807, 2.05) is 16.4 Å². The first kappa shape index (κ1) is 17.1. The second-order valence-corrected chi connectivity index (χ2v) is 7.51. The van der Waals surface area contributed by atoms with Gasteiger partial charge in [-0.05, 0) is 49.9 Å². The van der Waals surface area contributed by atoms with Crippen LogP contribution in [0.15, 0.2) is 18.2 Å². The number of amides is 1. The van der Waals surface area contributed by atoms with E-state index in [0.29, 0.717) is 0 Å². The minimum atomic E-state index is 0.0531. The van der Waals surface area contributed by atoms with Gasteiger partial charge < -0.3 is 5.32 Å². The predicted octanol–water partition coefficient (Wildman–Crippen LogP) is 4.61. The lowest BCUT2D eigenvalue weighted by Crippen LogP contribution is -2.23. The molecule has 0 spiro atoms. The monoisotopic (exact) mass is 343 g/mol. The van der Waals surface area contributed by atoms with Crippen LogP contribution in [0.4, 0.5) is 5.82 Å². The summed E-state index contributed by atoms with van der Waals surface area (Å²) < 4.78 is 1.92. The first-order chi connectivity index (χ1) is 11.5. The zero-order valence-electron chi connectivity index (χ0n) is 14.8. The number of anilines is 1. The number of fused-ring (bicyclic) bond motifs is 1. The molecule has 2 heterocycles. The molecule has 3 rings (SSSR count). The normalized spacial score (nSPS) is 13.4. The number of rotatable bonds is 5. The lowest BCUT2D eigenvalue weighted by molar-refractivity contribution is -0.120. The molecule has 1 aliphatic heterocycles. The molecule has 1 aromatic carbocycles. The number of hydrogen-bond donors (Lipinski definition) is 1. The van der Waals surface area contributed by atoms with Crippen molar-refractivity contribution in [2.75, 3.05) is 5.32 Å². The summed E-state index contributed by atoms with van der Waals surface area (Å²) in [5.41, 5.74) is 5.70. The SMILES string of the molecule is CCC(CC)C(=O)Nc1c2c(nn1-c1cc(C)cc(C)c1)CSC2. The standard InChI is InChI=1S/C19H25N3OS/c1-5-14(6-2)19(23)20-18-16-10-24-11-17(16)21-22(18)15-8-12(3)7-13(4)9-15/h7-9,14H,5-6,10-11H2,1-4H3,(H,20,23). The van der Waals surface area contributed by atoms with Crippen molar-refractivity contribution in [3.05, 3.63) is 40.6 Å². The van der Waals surface area contributed by atoms with Crippen LogP contribution in [0.25, 0.3) is 5.69 Å². The van der Waals surface area contributed by atoms with Crippen molar-refractivity contribution in [2.45, 2.75) is 52.0 Å². The fraction of sp³-hybridized carbons (Fsp3) is 0.474. The number of nitrogens with zero attached hydrogens (tertiary/aromatic N) is 2. The Kier molecular flexibility index (Phi) is 4.99. The summed E-state index contributed by atoms with van der Waals surface area (Å²) in [5, 5.41) is 7.97. The van der Waals surface area contributed by atoms with Gasteiger partial charge in [0.1, 0.15) is 5.82 Å². The highest BCUT2D eigenvalue weighted by Crippen LogP contribution is 2.36. The number of aryl methyl sites for hydroxylation is 2. The maximum atomic E-state index is 12.6. The molecule has 1 amide bonds. The second-order valence-electron chi connectivity index (χ2n) is 6.53. The molecule has 4 nitrogen and oxygen atoms in total. The Morgan fingerprint density at radius 2 is 1.88 bits per heavy atom. The van der Waals surface area contributed by atoms with Crippen molar-refractivity contribution in [2.24, 2.45) is 5.92 Å². The molecule has 0 saturated carbocycles. The number of benzene rings is 1. The van der Waals surface area contributed by atoms with Crippen molar-refractivity contribution in [1.82, 2.24) is 9.78 Å². The zero-order chi connectivity index (χ0) is 17.3. The maximum Gasteiger partial charge on any atom is 0.228 e. The smallest absolute Gasteiger partial charge is 0.228 e. The largest absolute Gasteiger partial charge is 0.310 e. The molecule has 0 atom stereocenters. The number of hydrogen-bond acceptors (Lipinski definition) is 3. The van der Waals surface area contributed by atoms with E-state index in [4.69, 9.17) is 5.10 Å². The van der Waals surface area contributed by atoms with E-state index in [1.54, 1.807) is 0 Å². The Labute approximate surface area is 148 Å². The Hall–Kier alpha value is -1.75. The highest BCUT2D eigenvalue weighted by molar-refractivity contribution is 7.98. The summed E-state index contributed by atoms with van der Waals surface area (Å²) in [4.78, 5) is 12.6. The molecular formula is C19H25N3OS. The molecule has 1 aromatic heterocycles. The number of thioether (sulfide) groups is 1. The molecule has 0 radical (unpaired) electrons. The van der Waals surface area contributed by atoms with Gasteiger partial charge in [-0.15, -0.1) is 0 Å². The molecule has 0 bridgehead atoms. The summed E-state index contributed by atoms with van der Waals surface area (Å²) in [6.07, 6.45) is 1.72. The molecule has 5 heteroatoms. The summed E-state index contributed by atoms with van der Waals surface area (Å²) >= 11 is 1.85. The van der Waals surface area contributed by atoms with Gasteiger partial charge in [-0.25, -0.2) is 4.68 Å². The Morgan fingerprint density at radius 1 is 1.21 bits per heavy atom. The fourth-order valence-corrected chi connectivity index (χ4v) is 4.31. The fourth-order valence-electron chi connectivity index (χ4n) is 3.28. The molecule has 24 heavy (non-hydrogen) atoms. The molecule has 0 fully saturated rings. The van der Waals surface area contributed by atoms with E-state index in [0.717, 1.165) is 41.5 Å².